The Bertz CT molecular complexity index is 582. The van der Waals surface area contributed by atoms with Crippen molar-refractivity contribution in [3.63, 3.8) is 0 Å². The molecule has 0 aliphatic carbocycles. The van der Waals surface area contributed by atoms with Gasteiger partial charge in [-0.15, -0.1) is 0 Å². The van der Waals surface area contributed by atoms with Crippen molar-refractivity contribution >= 4 is 17.6 Å². The monoisotopic (exact) mass is 310 g/mol. The quantitative estimate of drug-likeness (QED) is 0.666. The molecule has 0 saturated carbocycles. The summed E-state index contributed by atoms with van der Waals surface area (Å²) in [7, 11) is 1.44. The number of carbonyl (C=O) groups is 1. The van der Waals surface area contributed by atoms with Crippen molar-refractivity contribution in [2.24, 2.45) is 0 Å². The Kier molecular flexibility index (Phi) is 4.34. The molecule has 0 unspecified atom stereocenters. The second-order valence-corrected chi connectivity index (χ2v) is 5.25. The van der Waals surface area contributed by atoms with Gasteiger partial charge >= 0.3 is 11.8 Å². The minimum atomic E-state index is -0.993. The number of anilines is 1. The fourth-order valence-electron chi connectivity index (χ4n) is 2.79. The number of pyridine rings is 1. The van der Waals surface area contributed by atoms with Crippen LogP contribution in [0.5, 0.6) is 5.88 Å². The van der Waals surface area contributed by atoms with E-state index in [1.807, 2.05) is 0 Å². The molecule has 1 saturated heterocycles. The summed E-state index contributed by atoms with van der Waals surface area (Å²) in [5.74, 6) is 0.481. The largest absolute Gasteiger partial charge is 0.481 e. The third-order valence-electron chi connectivity index (χ3n) is 3.67. The van der Waals surface area contributed by atoms with E-state index in [0.717, 1.165) is 0 Å². The van der Waals surface area contributed by atoms with Crippen LogP contribution in [0.4, 0.5) is 16.3 Å². The summed E-state index contributed by atoms with van der Waals surface area (Å²) >= 11 is 0. The van der Waals surface area contributed by atoms with Crippen molar-refractivity contribution in [1.29, 1.82) is 0 Å². The molecular weight excluding hydrogens is 292 g/mol. The predicted molar refractivity (Wildman–Crippen MR) is 78.4 cm³/mol. The second-order valence-electron chi connectivity index (χ2n) is 5.25. The minimum absolute atomic E-state index is 0.121. The van der Waals surface area contributed by atoms with Gasteiger partial charge in [0.1, 0.15) is 0 Å². The van der Waals surface area contributed by atoms with Crippen LogP contribution in [-0.4, -0.2) is 58.3 Å². The highest BCUT2D eigenvalue weighted by atomic mass is 16.6. The molecule has 1 N–H and O–H groups in total. The van der Waals surface area contributed by atoms with Gasteiger partial charge in [0.15, 0.2) is 0 Å². The van der Waals surface area contributed by atoms with E-state index in [-0.39, 0.29) is 29.5 Å². The van der Waals surface area contributed by atoms with E-state index >= 15 is 0 Å². The van der Waals surface area contributed by atoms with Gasteiger partial charge in [-0.2, -0.15) is 4.98 Å². The van der Waals surface area contributed by atoms with Crippen molar-refractivity contribution in [3.05, 3.63) is 22.2 Å². The van der Waals surface area contributed by atoms with Gasteiger partial charge in [-0.3, -0.25) is 15.0 Å². The first-order valence-corrected chi connectivity index (χ1v) is 6.80. The maximum absolute atomic E-state index is 11.3. The smallest absolute Gasteiger partial charge is 0.407 e. The van der Waals surface area contributed by atoms with Crippen LogP contribution in [0.25, 0.3) is 0 Å². The summed E-state index contributed by atoms with van der Waals surface area (Å²) in [4.78, 5) is 29.2. The number of nitro groups is 1. The van der Waals surface area contributed by atoms with E-state index in [9.17, 15) is 20.0 Å². The van der Waals surface area contributed by atoms with E-state index in [1.54, 1.807) is 18.7 Å². The molecule has 0 bridgehead atoms. The zero-order valence-electron chi connectivity index (χ0n) is 12.6. The average Bonchev–Trinajstić information content (AvgIpc) is 2.45. The fourth-order valence-corrected chi connectivity index (χ4v) is 2.79. The van der Waals surface area contributed by atoms with E-state index in [4.69, 9.17) is 4.74 Å². The number of carboxylic acid groups (broad SMARTS) is 1. The molecule has 120 valence electrons. The highest BCUT2D eigenvalue weighted by Gasteiger charge is 2.35. The third-order valence-corrected chi connectivity index (χ3v) is 3.67. The number of piperazine rings is 1. The number of ether oxygens (including phenoxy) is 1. The molecule has 9 heteroatoms. The molecular formula is C13H18N4O5. The van der Waals surface area contributed by atoms with E-state index in [2.05, 4.69) is 4.98 Å². The lowest BCUT2D eigenvalue weighted by Gasteiger charge is -2.43. The minimum Gasteiger partial charge on any atom is -0.481 e. The molecule has 0 aromatic carbocycles. The molecule has 2 heterocycles. The zero-order valence-corrected chi connectivity index (χ0v) is 12.6. The average molecular weight is 310 g/mol. The predicted octanol–water partition coefficient (Wildman–Crippen LogP) is 1.58. The topological polar surface area (TPSA) is 109 Å². The van der Waals surface area contributed by atoms with Crippen molar-refractivity contribution < 1.29 is 19.6 Å². The SMILES string of the molecule is COc1ccc([N+](=O)[O-])c(N2C[C@@H](C)N(C(=O)O)[C@@H](C)C2)n1. The standard InChI is InChI=1S/C13H18N4O5/c1-8-6-15(7-9(2)16(8)13(18)19)12-10(17(20)21)4-5-11(14-12)22-3/h4-5,8-9H,6-7H2,1-3H3,(H,18,19)/t8-,9+. The third kappa shape index (κ3) is 2.87. The number of amides is 1. The molecule has 1 aromatic heterocycles. The lowest BCUT2D eigenvalue weighted by atomic mass is 10.1. The van der Waals surface area contributed by atoms with Gasteiger partial charge in [0.05, 0.1) is 24.1 Å². The fraction of sp³-hybridized carbons (Fsp3) is 0.538. The second kappa shape index (κ2) is 6.04. The summed E-state index contributed by atoms with van der Waals surface area (Å²) < 4.78 is 5.03. The van der Waals surface area contributed by atoms with Crippen LogP contribution in [-0.2, 0) is 0 Å². The van der Waals surface area contributed by atoms with Crippen LogP contribution < -0.4 is 9.64 Å². The summed E-state index contributed by atoms with van der Waals surface area (Å²) in [5, 5.41) is 20.4. The number of hydrogen-bond acceptors (Lipinski definition) is 6. The van der Waals surface area contributed by atoms with Gasteiger partial charge in [0.25, 0.3) is 0 Å². The number of methoxy groups -OCH3 is 1. The Balaban J connectivity index is 2.36. The number of nitrogens with zero attached hydrogens (tertiary/aromatic N) is 4. The summed E-state index contributed by atoms with van der Waals surface area (Å²) in [6, 6.07) is 2.19. The molecule has 2 atom stereocenters. The number of rotatable bonds is 3. The van der Waals surface area contributed by atoms with Crippen molar-refractivity contribution in [2.75, 3.05) is 25.1 Å². The Hall–Kier alpha value is -2.58. The molecule has 0 radical (unpaired) electrons. The molecule has 9 nitrogen and oxygen atoms in total. The van der Waals surface area contributed by atoms with Gasteiger partial charge in [0.2, 0.25) is 11.7 Å². The van der Waals surface area contributed by atoms with Gasteiger partial charge in [0, 0.05) is 25.2 Å². The maximum Gasteiger partial charge on any atom is 0.407 e. The van der Waals surface area contributed by atoms with Crippen LogP contribution in [0.3, 0.4) is 0 Å². The highest BCUT2D eigenvalue weighted by Crippen LogP contribution is 2.31. The van der Waals surface area contributed by atoms with Gasteiger partial charge < -0.3 is 14.7 Å². The molecule has 22 heavy (non-hydrogen) atoms. The van der Waals surface area contributed by atoms with Crippen LogP contribution in [0, 0.1) is 10.1 Å². The van der Waals surface area contributed by atoms with Gasteiger partial charge in [-0.1, -0.05) is 0 Å². The number of aromatic nitrogens is 1. The Morgan fingerprint density at radius 1 is 1.41 bits per heavy atom. The molecule has 0 spiro atoms. The van der Waals surface area contributed by atoms with Crippen molar-refractivity contribution in [2.45, 2.75) is 25.9 Å². The lowest BCUT2D eigenvalue weighted by Crippen LogP contribution is -2.58. The highest BCUT2D eigenvalue weighted by molar-refractivity contribution is 5.67. The Morgan fingerprint density at radius 3 is 2.45 bits per heavy atom. The summed E-state index contributed by atoms with van der Waals surface area (Å²) in [6.45, 7) is 4.20. The van der Waals surface area contributed by atoms with Crippen LogP contribution in [0.1, 0.15) is 13.8 Å². The van der Waals surface area contributed by atoms with E-state index < -0.39 is 11.0 Å². The lowest BCUT2D eigenvalue weighted by molar-refractivity contribution is -0.384. The van der Waals surface area contributed by atoms with Gasteiger partial charge in [-0.05, 0) is 13.8 Å². The van der Waals surface area contributed by atoms with Crippen LogP contribution in [0.15, 0.2) is 12.1 Å². The number of hydrogen-bond donors (Lipinski definition) is 1. The maximum atomic E-state index is 11.3. The molecule has 1 aliphatic rings. The molecule has 1 fully saturated rings. The zero-order chi connectivity index (χ0) is 16.4. The first kappa shape index (κ1) is 15.8. The van der Waals surface area contributed by atoms with Crippen molar-refractivity contribution in [1.82, 2.24) is 9.88 Å². The van der Waals surface area contributed by atoms with E-state index in [1.165, 1.54) is 24.1 Å². The molecule has 1 aromatic rings. The van der Waals surface area contributed by atoms with E-state index in [0.29, 0.717) is 13.1 Å². The van der Waals surface area contributed by atoms with Crippen LogP contribution in [0.2, 0.25) is 0 Å². The van der Waals surface area contributed by atoms with Gasteiger partial charge in [-0.25, -0.2) is 4.79 Å². The molecule has 1 aliphatic heterocycles. The Morgan fingerprint density at radius 2 is 2.00 bits per heavy atom. The molecule has 1 amide bonds. The van der Waals surface area contributed by atoms with Crippen molar-refractivity contribution in [3.8, 4) is 5.88 Å². The Labute approximate surface area is 127 Å². The molecule has 2 rings (SSSR count). The van der Waals surface area contributed by atoms with Crippen LogP contribution >= 0.6 is 0 Å². The first-order valence-electron chi connectivity index (χ1n) is 6.80. The normalized spacial score (nSPS) is 21.6. The summed E-state index contributed by atoms with van der Waals surface area (Å²) in [5.41, 5.74) is -0.121. The first-order chi connectivity index (χ1) is 10.3. The summed E-state index contributed by atoms with van der Waals surface area (Å²) in [6.07, 6.45) is -0.993.